The number of aromatic nitrogens is 3. The van der Waals surface area contributed by atoms with Crippen molar-refractivity contribution in [2.75, 3.05) is 6.54 Å². The van der Waals surface area contributed by atoms with Crippen LogP contribution >= 0.6 is 11.3 Å². The molecule has 1 amide bonds. The second-order valence-electron chi connectivity index (χ2n) is 5.48. The van der Waals surface area contributed by atoms with E-state index in [-0.39, 0.29) is 5.91 Å². The smallest absolute Gasteiger partial charge is 0.251 e. The number of hydrogen-bond donors (Lipinski definition) is 1. The molecule has 0 saturated heterocycles. The first-order valence-electron chi connectivity index (χ1n) is 7.55. The van der Waals surface area contributed by atoms with Crippen LogP contribution in [0.2, 0.25) is 0 Å². The van der Waals surface area contributed by atoms with Gasteiger partial charge in [0.05, 0.1) is 11.4 Å². The average Bonchev–Trinajstić information content (AvgIpc) is 3.13. The number of nitrogens with zero attached hydrogens (tertiary/aromatic N) is 3. The fourth-order valence-corrected chi connectivity index (χ4v) is 3.23. The average molecular weight is 344 g/mol. The van der Waals surface area contributed by atoms with E-state index in [9.17, 15) is 9.18 Å². The molecule has 1 aromatic carbocycles. The quantitative estimate of drug-likeness (QED) is 0.774. The molecule has 0 aliphatic heterocycles. The van der Waals surface area contributed by atoms with Crippen molar-refractivity contribution in [1.29, 1.82) is 0 Å². The van der Waals surface area contributed by atoms with Crippen LogP contribution in [0.1, 0.15) is 27.4 Å². The van der Waals surface area contributed by atoms with E-state index in [1.54, 1.807) is 6.07 Å². The molecule has 2 aromatic heterocycles. The second kappa shape index (κ2) is 6.92. The maximum absolute atomic E-state index is 13.1. The first-order valence-corrected chi connectivity index (χ1v) is 8.43. The molecule has 0 unspecified atom stereocenters. The van der Waals surface area contributed by atoms with Crippen LogP contribution in [-0.4, -0.2) is 27.2 Å². The predicted octanol–water partition coefficient (Wildman–Crippen LogP) is 3.06. The van der Waals surface area contributed by atoms with Gasteiger partial charge in [-0.25, -0.2) is 14.1 Å². The molecular formula is C17H17FN4OS. The second-order valence-corrected chi connectivity index (χ2v) is 6.31. The summed E-state index contributed by atoms with van der Waals surface area (Å²) in [5.74, 6) is -0.708. The van der Waals surface area contributed by atoms with Crippen LogP contribution in [0.4, 0.5) is 4.39 Å². The van der Waals surface area contributed by atoms with E-state index in [4.69, 9.17) is 0 Å². The molecule has 0 spiro atoms. The Morgan fingerprint density at radius 1 is 1.33 bits per heavy atom. The van der Waals surface area contributed by atoms with Crippen molar-refractivity contribution >= 4 is 17.2 Å². The van der Waals surface area contributed by atoms with Gasteiger partial charge in [0.2, 0.25) is 5.13 Å². The van der Waals surface area contributed by atoms with Gasteiger partial charge < -0.3 is 5.32 Å². The Balaban J connectivity index is 1.58. The lowest BCUT2D eigenvalue weighted by Crippen LogP contribution is -2.25. The molecule has 3 rings (SSSR count). The summed E-state index contributed by atoms with van der Waals surface area (Å²) >= 11 is 1.51. The maximum Gasteiger partial charge on any atom is 0.251 e. The monoisotopic (exact) mass is 344 g/mol. The van der Waals surface area contributed by atoms with Crippen LogP contribution in [0.5, 0.6) is 0 Å². The van der Waals surface area contributed by atoms with Crippen LogP contribution in [0.3, 0.4) is 0 Å². The minimum Gasteiger partial charge on any atom is -0.352 e. The first kappa shape index (κ1) is 16.3. The standard InChI is InChI=1S/C17H17FN4OS/c1-11-8-12(2)22(21-11)17-20-15(10-24-17)6-7-19-16(23)13-4-3-5-14(18)9-13/h3-5,8-10H,6-7H2,1-2H3,(H,19,23). The Kier molecular flexibility index (Phi) is 4.71. The van der Waals surface area contributed by atoms with Gasteiger partial charge >= 0.3 is 0 Å². The van der Waals surface area contributed by atoms with E-state index >= 15 is 0 Å². The summed E-state index contributed by atoms with van der Waals surface area (Å²) in [6.45, 7) is 4.37. The Hall–Kier alpha value is -2.54. The van der Waals surface area contributed by atoms with Gasteiger partial charge in [-0.3, -0.25) is 4.79 Å². The molecule has 0 fully saturated rings. The lowest BCUT2D eigenvalue weighted by molar-refractivity contribution is 0.0953. The highest BCUT2D eigenvalue weighted by molar-refractivity contribution is 7.12. The summed E-state index contributed by atoms with van der Waals surface area (Å²) in [6, 6.07) is 7.64. The molecule has 5 nitrogen and oxygen atoms in total. The molecule has 0 radical (unpaired) electrons. The number of amides is 1. The van der Waals surface area contributed by atoms with E-state index in [1.807, 2.05) is 30.0 Å². The number of rotatable bonds is 5. The van der Waals surface area contributed by atoms with E-state index in [2.05, 4.69) is 15.4 Å². The normalized spacial score (nSPS) is 10.8. The van der Waals surface area contributed by atoms with Crippen molar-refractivity contribution < 1.29 is 9.18 Å². The Morgan fingerprint density at radius 3 is 2.88 bits per heavy atom. The SMILES string of the molecule is Cc1cc(C)n(-c2nc(CCNC(=O)c3cccc(F)c3)cs2)n1. The van der Waals surface area contributed by atoms with Crippen LogP contribution in [-0.2, 0) is 6.42 Å². The Labute approximate surface area is 143 Å². The number of nitrogens with one attached hydrogen (secondary N) is 1. The van der Waals surface area contributed by atoms with E-state index in [1.165, 1.54) is 29.5 Å². The third kappa shape index (κ3) is 3.68. The topological polar surface area (TPSA) is 59.8 Å². The van der Waals surface area contributed by atoms with Gasteiger partial charge in [0.25, 0.3) is 5.91 Å². The summed E-state index contributed by atoms with van der Waals surface area (Å²) < 4.78 is 14.9. The lowest BCUT2D eigenvalue weighted by atomic mass is 10.2. The molecular weight excluding hydrogens is 327 g/mol. The minimum atomic E-state index is -0.420. The summed E-state index contributed by atoms with van der Waals surface area (Å²) in [5.41, 5.74) is 3.19. The van der Waals surface area contributed by atoms with Crippen LogP contribution < -0.4 is 5.32 Å². The third-order valence-corrected chi connectivity index (χ3v) is 4.35. The molecule has 0 saturated carbocycles. The van der Waals surface area contributed by atoms with Gasteiger partial charge in [-0.15, -0.1) is 11.3 Å². The number of halogens is 1. The van der Waals surface area contributed by atoms with Crippen LogP contribution in [0.25, 0.3) is 5.13 Å². The molecule has 124 valence electrons. The van der Waals surface area contributed by atoms with Crippen LogP contribution in [0, 0.1) is 19.7 Å². The molecule has 1 N–H and O–H groups in total. The number of aryl methyl sites for hydroxylation is 2. The van der Waals surface area contributed by atoms with E-state index in [0.29, 0.717) is 18.5 Å². The summed E-state index contributed by atoms with van der Waals surface area (Å²) in [5, 5.41) is 9.96. The molecule has 0 atom stereocenters. The number of thiazole rings is 1. The highest BCUT2D eigenvalue weighted by Crippen LogP contribution is 2.17. The number of benzene rings is 1. The third-order valence-electron chi connectivity index (χ3n) is 3.48. The van der Waals surface area contributed by atoms with Crippen molar-refractivity contribution in [3.8, 4) is 5.13 Å². The van der Waals surface area contributed by atoms with Gasteiger partial charge in [0.15, 0.2) is 0 Å². The number of carbonyl (C=O) groups excluding carboxylic acids is 1. The zero-order valence-corrected chi connectivity index (χ0v) is 14.2. The molecule has 7 heteroatoms. The van der Waals surface area contributed by atoms with Gasteiger partial charge in [-0.05, 0) is 38.1 Å². The molecule has 0 bridgehead atoms. The molecule has 3 aromatic rings. The summed E-state index contributed by atoms with van der Waals surface area (Å²) in [4.78, 5) is 16.5. The summed E-state index contributed by atoms with van der Waals surface area (Å²) in [7, 11) is 0. The van der Waals surface area contributed by atoms with E-state index in [0.717, 1.165) is 22.2 Å². The minimum absolute atomic E-state index is 0.288. The maximum atomic E-state index is 13.1. The Bertz CT molecular complexity index is 871. The van der Waals surface area contributed by atoms with Gasteiger partial charge in [0.1, 0.15) is 5.82 Å². The van der Waals surface area contributed by atoms with Crippen molar-refractivity contribution in [3.63, 3.8) is 0 Å². The molecule has 0 aliphatic rings. The molecule has 0 aliphatic carbocycles. The summed E-state index contributed by atoms with van der Waals surface area (Å²) in [6.07, 6.45) is 0.608. The highest BCUT2D eigenvalue weighted by atomic mass is 32.1. The van der Waals surface area contributed by atoms with Crippen molar-refractivity contribution in [2.24, 2.45) is 0 Å². The first-order chi connectivity index (χ1) is 11.5. The fraction of sp³-hybridized carbons (Fsp3) is 0.235. The van der Waals surface area contributed by atoms with Crippen LogP contribution in [0.15, 0.2) is 35.7 Å². The zero-order chi connectivity index (χ0) is 17.1. The van der Waals surface area contributed by atoms with Crippen molar-refractivity contribution in [2.45, 2.75) is 20.3 Å². The number of hydrogen-bond acceptors (Lipinski definition) is 4. The van der Waals surface area contributed by atoms with E-state index < -0.39 is 5.82 Å². The highest BCUT2D eigenvalue weighted by Gasteiger charge is 2.10. The van der Waals surface area contributed by atoms with Gasteiger partial charge in [0, 0.05) is 29.6 Å². The zero-order valence-electron chi connectivity index (χ0n) is 13.4. The van der Waals surface area contributed by atoms with Crippen molar-refractivity contribution in [3.05, 3.63) is 64.2 Å². The van der Waals surface area contributed by atoms with Crippen molar-refractivity contribution in [1.82, 2.24) is 20.1 Å². The largest absolute Gasteiger partial charge is 0.352 e. The van der Waals surface area contributed by atoms with Gasteiger partial charge in [-0.2, -0.15) is 5.10 Å². The number of carbonyl (C=O) groups is 1. The predicted molar refractivity (Wildman–Crippen MR) is 91.1 cm³/mol. The van der Waals surface area contributed by atoms with Gasteiger partial charge in [-0.1, -0.05) is 6.07 Å². The molecule has 24 heavy (non-hydrogen) atoms. The fourth-order valence-electron chi connectivity index (χ4n) is 2.37. The Morgan fingerprint density at radius 2 is 2.17 bits per heavy atom. The lowest BCUT2D eigenvalue weighted by Gasteiger charge is -2.04. The molecule has 2 heterocycles.